The third kappa shape index (κ3) is 4.45. The lowest BCUT2D eigenvalue weighted by atomic mass is 10.1. The molecule has 3 N–H and O–H groups in total. The second kappa shape index (κ2) is 8.12. The highest BCUT2D eigenvalue weighted by molar-refractivity contribution is 6.74. The van der Waals surface area contributed by atoms with Crippen LogP contribution in [0.15, 0.2) is 11.1 Å². The van der Waals surface area contributed by atoms with Crippen molar-refractivity contribution in [2.24, 2.45) is 5.92 Å². The van der Waals surface area contributed by atoms with E-state index >= 15 is 0 Å². The third-order valence-electron chi connectivity index (χ3n) is 6.02. The smallest absolute Gasteiger partial charge is 0.280 e. The lowest BCUT2D eigenvalue weighted by molar-refractivity contribution is -0.118. The van der Waals surface area contributed by atoms with Crippen molar-refractivity contribution in [2.75, 3.05) is 5.32 Å². The van der Waals surface area contributed by atoms with E-state index in [2.05, 4.69) is 54.1 Å². The summed E-state index contributed by atoms with van der Waals surface area (Å²) in [6.07, 6.45) is -2.01. The summed E-state index contributed by atoms with van der Waals surface area (Å²) in [5.74, 6) is -0.610. The SMILES string of the molecule is [2H]CC1OC(n2cnc3c(=O)[nH]c(NC(=O)C(C)C)nc32)C(O)C1O[Si](C)(C)C(C)(C)C. The van der Waals surface area contributed by atoms with Crippen LogP contribution >= 0.6 is 0 Å². The average molecular weight is 453 g/mol. The number of aliphatic hydroxyl groups is 1. The van der Waals surface area contributed by atoms with Gasteiger partial charge in [0.05, 0.1) is 12.4 Å². The first kappa shape index (κ1) is 22.1. The minimum atomic E-state index is -2.25. The van der Waals surface area contributed by atoms with E-state index in [1.54, 1.807) is 13.8 Å². The first-order valence-corrected chi connectivity index (χ1v) is 13.3. The van der Waals surface area contributed by atoms with Gasteiger partial charge in [-0.3, -0.25) is 24.5 Å². The van der Waals surface area contributed by atoms with Gasteiger partial charge in [0.1, 0.15) is 12.2 Å². The third-order valence-corrected chi connectivity index (χ3v) is 10.5. The zero-order valence-corrected chi connectivity index (χ0v) is 20.1. The normalized spacial score (nSPS) is 25.3. The summed E-state index contributed by atoms with van der Waals surface area (Å²) in [6, 6.07) is 0. The minimum absolute atomic E-state index is 0.0125. The van der Waals surface area contributed by atoms with Gasteiger partial charge in [0.2, 0.25) is 11.9 Å². The second-order valence-corrected chi connectivity index (χ2v) is 14.5. The number of anilines is 1. The van der Waals surface area contributed by atoms with Gasteiger partial charge in [-0.1, -0.05) is 34.6 Å². The van der Waals surface area contributed by atoms with E-state index < -0.39 is 38.4 Å². The number of imidazole rings is 1. The first-order valence-electron chi connectivity index (χ1n) is 11.1. The molecular formula is C20H33N5O5Si. The molecule has 4 unspecified atom stereocenters. The highest BCUT2D eigenvalue weighted by Gasteiger charge is 2.49. The molecule has 2 aromatic rings. The summed E-state index contributed by atoms with van der Waals surface area (Å²) in [4.78, 5) is 35.5. The molecule has 0 saturated carbocycles. The monoisotopic (exact) mass is 452 g/mol. The highest BCUT2D eigenvalue weighted by atomic mass is 28.4. The molecule has 1 aliphatic heterocycles. The summed E-state index contributed by atoms with van der Waals surface area (Å²) in [5.41, 5.74) is -0.306. The number of rotatable bonds is 5. The predicted molar refractivity (Wildman–Crippen MR) is 119 cm³/mol. The number of carbonyl (C=O) groups is 1. The lowest BCUT2D eigenvalue weighted by Crippen LogP contribution is -2.48. The van der Waals surface area contributed by atoms with Crippen LogP contribution in [0, 0.1) is 5.92 Å². The number of fused-ring (bicyclic) bond motifs is 1. The van der Waals surface area contributed by atoms with E-state index in [1.807, 2.05) is 0 Å². The van der Waals surface area contributed by atoms with Gasteiger partial charge < -0.3 is 14.3 Å². The Hall–Kier alpha value is -2.08. The number of H-pyrrole nitrogens is 1. The van der Waals surface area contributed by atoms with Crippen LogP contribution in [-0.4, -0.2) is 57.2 Å². The van der Waals surface area contributed by atoms with Crippen molar-refractivity contribution < 1.29 is 20.4 Å². The van der Waals surface area contributed by atoms with Crippen LogP contribution in [-0.2, 0) is 14.0 Å². The largest absolute Gasteiger partial charge is 0.408 e. The number of hydrogen-bond donors (Lipinski definition) is 3. The first-order chi connectivity index (χ1) is 14.8. The van der Waals surface area contributed by atoms with E-state index in [4.69, 9.17) is 10.5 Å². The number of amides is 1. The molecule has 0 aliphatic carbocycles. The Labute approximate surface area is 183 Å². The topological polar surface area (TPSA) is 131 Å². The molecule has 0 bridgehead atoms. The van der Waals surface area contributed by atoms with Crippen molar-refractivity contribution in [3.63, 3.8) is 0 Å². The van der Waals surface area contributed by atoms with Crippen LogP contribution in [0.25, 0.3) is 11.2 Å². The molecule has 1 fully saturated rings. The van der Waals surface area contributed by atoms with E-state index in [1.165, 1.54) is 10.9 Å². The second-order valence-electron chi connectivity index (χ2n) is 9.78. The molecular weight excluding hydrogens is 418 g/mol. The zero-order chi connectivity index (χ0) is 24.0. The molecule has 2 aromatic heterocycles. The molecule has 3 rings (SSSR count). The van der Waals surface area contributed by atoms with Crippen LogP contribution < -0.4 is 10.9 Å². The van der Waals surface area contributed by atoms with Crippen molar-refractivity contribution in [3.8, 4) is 0 Å². The van der Waals surface area contributed by atoms with Gasteiger partial charge in [-0.2, -0.15) is 4.98 Å². The standard InChI is InChI=1S/C20H33N5O5Si/c1-10(2)16(27)23-19-22-15-12(17(28)24-19)21-9-25(15)18-13(26)14(11(3)29-18)30-31(7,8)20(4,5)6/h9-11,13-14,18,26H,1-8H3,(H2,22,23,24,27,28)/i3D. The predicted octanol–water partition coefficient (Wildman–Crippen LogP) is 2.38. The Bertz CT molecular complexity index is 1050. The Morgan fingerprint density at radius 2 is 2.13 bits per heavy atom. The molecule has 4 atom stereocenters. The fourth-order valence-electron chi connectivity index (χ4n) is 3.04. The van der Waals surface area contributed by atoms with Crippen LogP contribution in [0.2, 0.25) is 18.1 Å². The van der Waals surface area contributed by atoms with Gasteiger partial charge in [0, 0.05) is 7.29 Å². The average Bonchev–Trinajstić information content (AvgIpc) is 3.22. The molecule has 0 spiro atoms. The maximum Gasteiger partial charge on any atom is 0.280 e. The lowest BCUT2D eigenvalue weighted by Gasteiger charge is -2.39. The molecule has 11 heteroatoms. The van der Waals surface area contributed by atoms with Crippen molar-refractivity contribution in [2.45, 2.75) is 84.2 Å². The van der Waals surface area contributed by atoms with E-state index in [0.29, 0.717) is 0 Å². The van der Waals surface area contributed by atoms with Gasteiger partial charge in [-0.15, -0.1) is 0 Å². The van der Waals surface area contributed by atoms with Gasteiger partial charge >= 0.3 is 0 Å². The molecule has 3 heterocycles. The number of aromatic nitrogens is 4. The molecule has 0 aromatic carbocycles. The summed E-state index contributed by atoms with van der Waals surface area (Å²) in [6.45, 7) is 13.8. The van der Waals surface area contributed by atoms with Gasteiger partial charge in [0.25, 0.3) is 5.56 Å². The number of aromatic amines is 1. The molecule has 1 aliphatic rings. The van der Waals surface area contributed by atoms with Crippen LogP contribution in [0.4, 0.5) is 5.95 Å². The number of carbonyl (C=O) groups excluding carboxylic acids is 1. The fourth-order valence-corrected chi connectivity index (χ4v) is 4.37. The molecule has 10 nitrogen and oxygen atoms in total. The fraction of sp³-hybridized carbons (Fsp3) is 0.700. The zero-order valence-electron chi connectivity index (χ0n) is 20.1. The maximum atomic E-state index is 12.5. The number of nitrogens with zero attached hydrogens (tertiary/aromatic N) is 3. The summed E-state index contributed by atoms with van der Waals surface area (Å²) in [5, 5.41) is 13.6. The van der Waals surface area contributed by atoms with Crippen LogP contribution in [0.3, 0.4) is 0 Å². The number of ether oxygens (including phenoxy) is 1. The number of aliphatic hydroxyl groups excluding tert-OH is 1. The van der Waals surface area contributed by atoms with E-state index in [0.717, 1.165) is 0 Å². The quantitative estimate of drug-likeness (QED) is 0.594. The maximum absolute atomic E-state index is 12.5. The number of nitrogens with one attached hydrogen (secondary N) is 2. The van der Waals surface area contributed by atoms with Crippen LogP contribution in [0.5, 0.6) is 0 Å². The summed E-state index contributed by atoms with van der Waals surface area (Å²) in [7, 11) is -2.25. The van der Waals surface area contributed by atoms with Gasteiger partial charge in [-0.25, -0.2) is 4.98 Å². The van der Waals surface area contributed by atoms with Crippen molar-refractivity contribution in [3.05, 3.63) is 16.7 Å². The Kier molecular flexibility index (Phi) is 5.79. The summed E-state index contributed by atoms with van der Waals surface area (Å²) >= 11 is 0. The van der Waals surface area contributed by atoms with E-state index in [9.17, 15) is 14.7 Å². The Morgan fingerprint density at radius 1 is 1.45 bits per heavy atom. The Morgan fingerprint density at radius 3 is 2.71 bits per heavy atom. The summed E-state index contributed by atoms with van der Waals surface area (Å²) < 4.78 is 21.8. The van der Waals surface area contributed by atoms with Crippen molar-refractivity contribution in [1.29, 1.82) is 0 Å². The molecule has 1 saturated heterocycles. The minimum Gasteiger partial charge on any atom is -0.408 e. The van der Waals surface area contributed by atoms with Crippen molar-refractivity contribution in [1.82, 2.24) is 19.5 Å². The van der Waals surface area contributed by atoms with E-state index in [-0.39, 0.29) is 40.9 Å². The molecule has 31 heavy (non-hydrogen) atoms. The van der Waals surface area contributed by atoms with Gasteiger partial charge in [-0.05, 0) is 25.0 Å². The number of hydrogen-bond acceptors (Lipinski definition) is 7. The molecule has 0 radical (unpaired) electrons. The molecule has 1 amide bonds. The van der Waals surface area contributed by atoms with Crippen molar-refractivity contribution >= 4 is 31.3 Å². The highest BCUT2D eigenvalue weighted by Crippen LogP contribution is 2.41. The molecule has 172 valence electrons. The van der Waals surface area contributed by atoms with Gasteiger partial charge in [0.15, 0.2) is 25.7 Å². The Balaban J connectivity index is 1.97. The van der Waals surface area contributed by atoms with Crippen LogP contribution in [0.1, 0.15) is 49.1 Å².